The van der Waals surface area contributed by atoms with Crippen molar-refractivity contribution in [3.8, 4) is 0 Å². The first-order valence-electron chi connectivity index (χ1n) is 10.6. The lowest BCUT2D eigenvalue weighted by Crippen LogP contribution is -2.47. The first-order valence-corrected chi connectivity index (χ1v) is 10.6. The number of hydrogen-bond donors (Lipinski definition) is 0. The van der Waals surface area contributed by atoms with Gasteiger partial charge in [-0.1, -0.05) is 24.3 Å². The van der Waals surface area contributed by atoms with E-state index in [0.29, 0.717) is 6.61 Å². The monoisotopic (exact) mass is 445 g/mol. The van der Waals surface area contributed by atoms with Crippen molar-refractivity contribution in [2.45, 2.75) is 19.9 Å². The third-order valence-electron chi connectivity index (χ3n) is 5.72. The molecule has 166 valence electrons. The fraction of sp³-hybridized carbons (Fsp3) is 0.375. The van der Waals surface area contributed by atoms with Gasteiger partial charge in [-0.25, -0.2) is 4.39 Å². The van der Waals surface area contributed by atoms with Gasteiger partial charge in [0.15, 0.2) is 0 Å². The van der Waals surface area contributed by atoms with Crippen LogP contribution in [0.5, 0.6) is 0 Å². The molecule has 0 amide bonds. The Hall–Kier alpha value is -2.57. The van der Waals surface area contributed by atoms with Crippen LogP contribution in [-0.4, -0.2) is 54.8 Å². The zero-order valence-electron chi connectivity index (χ0n) is 17.8. The number of ether oxygens (including phenoxy) is 1. The first kappa shape index (κ1) is 23.1. The standard InChI is InChI=1S/C24H28FN3O2.ClH/c1-2-30-24(29)18-28-17-19(22-8-3-4-9-23(22)28)10-11-26-12-14-27(15-13-26)21-7-5-6-20(25)16-21;/h3-9,16-17H,2,10-15,18H2,1H3;1H. The van der Waals surface area contributed by atoms with Crippen molar-refractivity contribution in [1.82, 2.24) is 9.47 Å². The number of carbonyl (C=O) groups excluding carboxylic acids is 1. The Labute approximate surface area is 188 Å². The van der Waals surface area contributed by atoms with Crippen molar-refractivity contribution in [3.63, 3.8) is 0 Å². The Morgan fingerprint density at radius 1 is 1.06 bits per heavy atom. The molecule has 5 nitrogen and oxygen atoms in total. The van der Waals surface area contributed by atoms with E-state index in [0.717, 1.165) is 50.3 Å². The molecule has 2 heterocycles. The van der Waals surface area contributed by atoms with E-state index >= 15 is 0 Å². The Morgan fingerprint density at radius 3 is 2.58 bits per heavy atom. The number of piperazine rings is 1. The van der Waals surface area contributed by atoms with Crippen LogP contribution in [0.25, 0.3) is 10.9 Å². The maximum Gasteiger partial charge on any atom is 0.325 e. The number of carbonyl (C=O) groups is 1. The summed E-state index contributed by atoms with van der Waals surface area (Å²) in [4.78, 5) is 16.7. The molecular formula is C24H29ClFN3O2. The summed E-state index contributed by atoms with van der Waals surface area (Å²) in [5.41, 5.74) is 3.27. The molecule has 4 rings (SSSR count). The number of esters is 1. The number of aromatic nitrogens is 1. The number of anilines is 1. The smallest absolute Gasteiger partial charge is 0.325 e. The predicted octanol–water partition coefficient (Wildman–Crippen LogP) is 4.13. The molecule has 2 aromatic carbocycles. The van der Waals surface area contributed by atoms with Gasteiger partial charge in [-0.05, 0) is 43.2 Å². The van der Waals surface area contributed by atoms with Crippen molar-refractivity contribution < 1.29 is 13.9 Å². The summed E-state index contributed by atoms with van der Waals surface area (Å²) < 4.78 is 20.6. The van der Waals surface area contributed by atoms with Crippen LogP contribution in [0.2, 0.25) is 0 Å². The molecule has 1 saturated heterocycles. The average molecular weight is 446 g/mol. The molecular weight excluding hydrogens is 417 g/mol. The second-order valence-corrected chi connectivity index (χ2v) is 7.66. The van der Waals surface area contributed by atoms with E-state index in [1.165, 1.54) is 17.0 Å². The molecule has 0 aliphatic carbocycles. The number of halogens is 2. The van der Waals surface area contributed by atoms with Crippen LogP contribution in [0.15, 0.2) is 54.7 Å². The molecule has 0 radical (unpaired) electrons. The highest BCUT2D eigenvalue weighted by atomic mass is 35.5. The van der Waals surface area contributed by atoms with Crippen molar-refractivity contribution in [2.75, 3.05) is 44.2 Å². The molecule has 1 aliphatic rings. The predicted molar refractivity (Wildman–Crippen MR) is 125 cm³/mol. The highest BCUT2D eigenvalue weighted by Gasteiger charge is 2.18. The van der Waals surface area contributed by atoms with Crippen molar-refractivity contribution in [2.24, 2.45) is 0 Å². The van der Waals surface area contributed by atoms with Gasteiger partial charge in [0.1, 0.15) is 12.4 Å². The zero-order valence-corrected chi connectivity index (χ0v) is 18.6. The molecule has 7 heteroatoms. The second kappa shape index (κ2) is 10.6. The SMILES string of the molecule is CCOC(=O)Cn1cc(CCN2CCN(c3cccc(F)c3)CC2)c2ccccc21.Cl. The number of hydrogen-bond acceptors (Lipinski definition) is 4. The van der Waals surface area contributed by atoms with E-state index in [9.17, 15) is 9.18 Å². The summed E-state index contributed by atoms with van der Waals surface area (Å²) in [5, 5.41) is 1.19. The molecule has 1 fully saturated rings. The van der Waals surface area contributed by atoms with E-state index < -0.39 is 0 Å². The van der Waals surface area contributed by atoms with E-state index in [2.05, 4.69) is 28.1 Å². The van der Waals surface area contributed by atoms with Crippen LogP contribution in [0, 0.1) is 5.82 Å². The zero-order chi connectivity index (χ0) is 20.9. The molecule has 1 aromatic heterocycles. The van der Waals surface area contributed by atoms with Gasteiger partial charge >= 0.3 is 5.97 Å². The maximum absolute atomic E-state index is 13.5. The summed E-state index contributed by atoms with van der Waals surface area (Å²) in [7, 11) is 0. The van der Waals surface area contributed by atoms with Crippen molar-refractivity contribution in [1.29, 1.82) is 0 Å². The lowest BCUT2D eigenvalue weighted by atomic mass is 10.1. The van der Waals surface area contributed by atoms with Gasteiger partial charge in [-0.2, -0.15) is 0 Å². The van der Waals surface area contributed by atoms with Crippen LogP contribution in [0.3, 0.4) is 0 Å². The normalized spacial score (nSPS) is 14.5. The minimum atomic E-state index is -0.210. The fourth-order valence-corrected chi connectivity index (χ4v) is 4.18. The van der Waals surface area contributed by atoms with Crippen LogP contribution >= 0.6 is 12.4 Å². The largest absolute Gasteiger partial charge is 0.465 e. The average Bonchev–Trinajstić information content (AvgIpc) is 3.10. The van der Waals surface area contributed by atoms with Gasteiger partial charge in [0.05, 0.1) is 6.61 Å². The molecule has 31 heavy (non-hydrogen) atoms. The number of para-hydroxylation sites is 1. The maximum atomic E-state index is 13.5. The Kier molecular flexibility index (Phi) is 7.93. The lowest BCUT2D eigenvalue weighted by Gasteiger charge is -2.36. The van der Waals surface area contributed by atoms with Crippen molar-refractivity contribution >= 4 is 35.0 Å². The van der Waals surface area contributed by atoms with E-state index in [1.807, 2.05) is 29.7 Å². The lowest BCUT2D eigenvalue weighted by molar-refractivity contribution is -0.143. The highest BCUT2D eigenvalue weighted by molar-refractivity contribution is 5.86. The van der Waals surface area contributed by atoms with Crippen molar-refractivity contribution in [3.05, 3.63) is 66.1 Å². The molecule has 0 unspecified atom stereocenters. The second-order valence-electron chi connectivity index (χ2n) is 7.66. The third-order valence-corrected chi connectivity index (χ3v) is 5.72. The number of rotatable bonds is 7. The quantitative estimate of drug-likeness (QED) is 0.512. The van der Waals surface area contributed by atoms with Gasteiger partial charge in [-0.15, -0.1) is 12.4 Å². The Morgan fingerprint density at radius 2 is 1.84 bits per heavy atom. The minimum absolute atomic E-state index is 0. The van der Waals surface area contributed by atoms with Crippen LogP contribution < -0.4 is 4.90 Å². The number of benzene rings is 2. The van der Waals surface area contributed by atoms with Gasteiger partial charge < -0.3 is 14.2 Å². The molecule has 3 aromatic rings. The highest BCUT2D eigenvalue weighted by Crippen LogP contribution is 2.23. The van der Waals surface area contributed by atoms with Gasteiger partial charge in [0, 0.05) is 55.5 Å². The molecule has 0 spiro atoms. The van der Waals surface area contributed by atoms with Gasteiger partial charge in [-0.3, -0.25) is 9.69 Å². The first-order chi connectivity index (χ1) is 14.6. The van der Waals surface area contributed by atoms with E-state index in [1.54, 1.807) is 12.1 Å². The number of fused-ring (bicyclic) bond motifs is 1. The van der Waals surface area contributed by atoms with Crippen LogP contribution in [-0.2, 0) is 22.5 Å². The van der Waals surface area contributed by atoms with Gasteiger partial charge in [0.2, 0.25) is 0 Å². The van der Waals surface area contributed by atoms with Crippen LogP contribution in [0.1, 0.15) is 12.5 Å². The molecule has 0 bridgehead atoms. The number of nitrogens with zero attached hydrogens (tertiary/aromatic N) is 3. The molecule has 0 atom stereocenters. The summed E-state index contributed by atoms with van der Waals surface area (Å²) >= 11 is 0. The fourth-order valence-electron chi connectivity index (χ4n) is 4.18. The Bertz CT molecular complexity index is 1010. The van der Waals surface area contributed by atoms with E-state index in [4.69, 9.17) is 4.74 Å². The summed E-state index contributed by atoms with van der Waals surface area (Å²) in [6.45, 7) is 7.13. The molecule has 0 saturated carbocycles. The van der Waals surface area contributed by atoms with Gasteiger partial charge in [0.25, 0.3) is 0 Å². The van der Waals surface area contributed by atoms with Crippen LogP contribution in [0.4, 0.5) is 10.1 Å². The Balaban J connectivity index is 0.00000272. The summed E-state index contributed by atoms with van der Waals surface area (Å²) in [6.07, 6.45) is 3.01. The molecule has 1 aliphatic heterocycles. The summed E-state index contributed by atoms with van der Waals surface area (Å²) in [5.74, 6) is -0.396. The molecule has 0 N–H and O–H groups in total. The third kappa shape index (κ3) is 5.57. The topological polar surface area (TPSA) is 37.7 Å². The summed E-state index contributed by atoms with van der Waals surface area (Å²) in [6, 6.07) is 15.0. The minimum Gasteiger partial charge on any atom is -0.465 e. The van der Waals surface area contributed by atoms with E-state index in [-0.39, 0.29) is 30.7 Å².